The van der Waals surface area contributed by atoms with Gasteiger partial charge in [-0.3, -0.25) is 9.59 Å². The normalized spacial score (nSPS) is 14.8. The van der Waals surface area contributed by atoms with Crippen molar-refractivity contribution in [3.8, 4) is 5.75 Å². The van der Waals surface area contributed by atoms with Crippen molar-refractivity contribution in [2.24, 2.45) is 5.92 Å². The molecule has 1 fully saturated rings. The summed E-state index contributed by atoms with van der Waals surface area (Å²) in [6, 6.07) is 7.02. The van der Waals surface area contributed by atoms with Gasteiger partial charge in [-0.05, 0) is 57.7 Å². The van der Waals surface area contributed by atoms with Crippen molar-refractivity contribution in [3.05, 3.63) is 29.8 Å². The predicted octanol–water partition coefficient (Wildman–Crippen LogP) is 2.19. The Morgan fingerprint density at radius 3 is 2.45 bits per heavy atom. The number of rotatable bonds is 6. The molecular weight excluding hydrogens is 374 g/mol. The number of ether oxygens (including phenoxy) is 2. The largest absolute Gasteiger partial charge is 0.497 e. The maximum Gasteiger partial charge on any atom is 0.408 e. The fourth-order valence-corrected chi connectivity index (χ4v) is 3.06. The Balaban J connectivity index is 1.70. The van der Waals surface area contributed by atoms with Gasteiger partial charge in [0.25, 0.3) is 5.91 Å². The van der Waals surface area contributed by atoms with Crippen molar-refractivity contribution in [3.63, 3.8) is 0 Å². The highest BCUT2D eigenvalue weighted by atomic mass is 16.6. The van der Waals surface area contributed by atoms with Crippen molar-refractivity contribution in [1.82, 2.24) is 15.5 Å². The second kappa shape index (κ2) is 10.1. The van der Waals surface area contributed by atoms with Crippen LogP contribution in [0.5, 0.6) is 5.75 Å². The van der Waals surface area contributed by atoms with Crippen LogP contribution in [-0.2, 0) is 9.53 Å². The van der Waals surface area contributed by atoms with Crippen LogP contribution in [0.2, 0.25) is 0 Å². The molecule has 160 valence electrons. The van der Waals surface area contributed by atoms with E-state index < -0.39 is 11.7 Å². The first kappa shape index (κ1) is 22.5. The second-order valence-corrected chi connectivity index (χ2v) is 8.12. The molecule has 0 spiro atoms. The maximum absolute atomic E-state index is 12.3. The minimum Gasteiger partial charge on any atom is -0.497 e. The predicted molar refractivity (Wildman–Crippen MR) is 109 cm³/mol. The molecule has 0 unspecified atom stereocenters. The smallest absolute Gasteiger partial charge is 0.408 e. The van der Waals surface area contributed by atoms with Crippen LogP contribution in [0.1, 0.15) is 44.0 Å². The van der Waals surface area contributed by atoms with Crippen molar-refractivity contribution in [1.29, 1.82) is 0 Å². The highest BCUT2D eigenvalue weighted by molar-refractivity contribution is 5.94. The fraction of sp³-hybridized carbons (Fsp3) is 0.571. The van der Waals surface area contributed by atoms with Crippen LogP contribution in [0, 0.1) is 5.92 Å². The van der Waals surface area contributed by atoms with E-state index in [1.54, 1.807) is 57.0 Å². The van der Waals surface area contributed by atoms with Gasteiger partial charge in [-0.1, -0.05) is 6.07 Å². The van der Waals surface area contributed by atoms with E-state index in [2.05, 4.69) is 10.6 Å². The Hall–Kier alpha value is -2.77. The lowest BCUT2D eigenvalue weighted by molar-refractivity contribution is -0.131. The Bertz CT molecular complexity index is 721. The lowest BCUT2D eigenvalue weighted by Crippen LogP contribution is -2.46. The number of carbonyl (C=O) groups is 3. The molecular formula is C21H31N3O5. The third-order valence-electron chi connectivity index (χ3n) is 4.63. The van der Waals surface area contributed by atoms with Gasteiger partial charge in [-0.15, -0.1) is 0 Å². The van der Waals surface area contributed by atoms with Crippen LogP contribution in [-0.4, -0.2) is 61.7 Å². The van der Waals surface area contributed by atoms with Gasteiger partial charge >= 0.3 is 6.09 Å². The van der Waals surface area contributed by atoms with Crippen molar-refractivity contribution in [2.45, 2.75) is 39.2 Å². The first-order chi connectivity index (χ1) is 13.7. The van der Waals surface area contributed by atoms with Crippen LogP contribution >= 0.6 is 0 Å². The van der Waals surface area contributed by atoms with Crippen LogP contribution < -0.4 is 15.4 Å². The molecule has 0 saturated carbocycles. The fourth-order valence-electron chi connectivity index (χ4n) is 3.06. The number of nitrogens with zero attached hydrogens (tertiary/aromatic N) is 1. The van der Waals surface area contributed by atoms with Gasteiger partial charge in [0.2, 0.25) is 5.91 Å². The molecule has 2 rings (SSSR count). The quantitative estimate of drug-likeness (QED) is 0.756. The summed E-state index contributed by atoms with van der Waals surface area (Å²) in [5.41, 5.74) is -0.0361. The summed E-state index contributed by atoms with van der Waals surface area (Å²) in [6.45, 7) is 7.01. The van der Waals surface area contributed by atoms with Crippen molar-refractivity contribution < 1.29 is 23.9 Å². The number of alkyl carbamates (subject to hydrolysis) is 1. The Kier molecular flexibility index (Phi) is 7.87. The first-order valence-electron chi connectivity index (χ1n) is 9.85. The molecule has 1 aliphatic heterocycles. The number of amides is 3. The molecule has 8 heteroatoms. The molecule has 3 amide bonds. The van der Waals surface area contributed by atoms with Gasteiger partial charge in [0.1, 0.15) is 17.9 Å². The lowest BCUT2D eigenvalue weighted by atomic mass is 9.96. The van der Waals surface area contributed by atoms with E-state index in [0.717, 1.165) is 12.8 Å². The number of methoxy groups -OCH3 is 1. The molecule has 29 heavy (non-hydrogen) atoms. The number of piperidine rings is 1. The summed E-state index contributed by atoms with van der Waals surface area (Å²) in [5, 5.41) is 5.45. The number of likely N-dealkylation sites (tertiary alicyclic amines) is 1. The van der Waals surface area contributed by atoms with Crippen molar-refractivity contribution >= 4 is 17.9 Å². The third-order valence-corrected chi connectivity index (χ3v) is 4.63. The van der Waals surface area contributed by atoms with Gasteiger partial charge in [-0.2, -0.15) is 0 Å². The topological polar surface area (TPSA) is 97.0 Å². The van der Waals surface area contributed by atoms with Gasteiger partial charge in [-0.25, -0.2) is 4.79 Å². The molecule has 0 atom stereocenters. The summed E-state index contributed by atoms with van der Waals surface area (Å²) < 4.78 is 10.3. The molecule has 0 radical (unpaired) electrons. The monoisotopic (exact) mass is 405 g/mol. The highest BCUT2D eigenvalue weighted by Gasteiger charge is 2.24. The molecule has 1 heterocycles. The van der Waals surface area contributed by atoms with E-state index in [1.165, 1.54) is 0 Å². The Morgan fingerprint density at radius 2 is 1.83 bits per heavy atom. The van der Waals surface area contributed by atoms with Crippen molar-refractivity contribution in [2.75, 3.05) is 33.3 Å². The second-order valence-electron chi connectivity index (χ2n) is 8.12. The molecule has 0 bridgehead atoms. The molecule has 1 aromatic rings. The van der Waals surface area contributed by atoms with E-state index in [1.807, 2.05) is 0 Å². The average Bonchev–Trinajstić information content (AvgIpc) is 2.69. The standard InChI is InChI=1S/C21H31N3O5/c1-21(2,3)29-20(27)23-14-18(25)24-10-8-15(9-11-24)13-22-19(26)16-6-5-7-17(12-16)28-4/h5-7,12,15H,8-11,13-14H2,1-4H3,(H,22,26)(H,23,27). The van der Waals surface area contributed by atoms with Gasteiger partial charge in [0.05, 0.1) is 7.11 Å². The molecule has 1 saturated heterocycles. The van der Waals surface area contributed by atoms with E-state index in [-0.39, 0.29) is 18.4 Å². The van der Waals surface area contributed by atoms with Gasteiger partial charge in [0, 0.05) is 25.2 Å². The van der Waals surface area contributed by atoms with Crippen LogP contribution in [0.25, 0.3) is 0 Å². The van der Waals surface area contributed by atoms with Crippen LogP contribution in [0.3, 0.4) is 0 Å². The van der Waals surface area contributed by atoms with Crippen LogP contribution in [0.15, 0.2) is 24.3 Å². The summed E-state index contributed by atoms with van der Waals surface area (Å²) in [7, 11) is 1.56. The maximum atomic E-state index is 12.3. The van der Waals surface area contributed by atoms with E-state index in [4.69, 9.17) is 9.47 Å². The average molecular weight is 405 g/mol. The van der Waals surface area contributed by atoms with E-state index in [9.17, 15) is 14.4 Å². The molecule has 2 N–H and O–H groups in total. The summed E-state index contributed by atoms with van der Waals surface area (Å²) in [4.78, 5) is 37.9. The minimum atomic E-state index is -0.596. The highest BCUT2D eigenvalue weighted by Crippen LogP contribution is 2.17. The van der Waals surface area contributed by atoms with E-state index >= 15 is 0 Å². The molecule has 1 aliphatic rings. The first-order valence-corrected chi connectivity index (χ1v) is 9.85. The number of hydrogen-bond donors (Lipinski definition) is 2. The summed E-state index contributed by atoms with van der Waals surface area (Å²) in [6.07, 6.45) is 1.01. The summed E-state index contributed by atoms with van der Waals surface area (Å²) in [5.74, 6) is 0.690. The number of nitrogens with one attached hydrogen (secondary N) is 2. The Labute approximate surface area is 171 Å². The summed E-state index contributed by atoms with van der Waals surface area (Å²) >= 11 is 0. The molecule has 1 aromatic carbocycles. The zero-order valence-corrected chi connectivity index (χ0v) is 17.6. The van der Waals surface area contributed by atoms with Gasteiger partial charge in [0.15, 0.2) is 0 Å². The SMILES string of the molecule is COc1cccc(C(=O)NCC2CCN(C(=O)CNC(=O)OC(C)(C)C)CC2)c1. The molecule has 0 aliphatic carbocycles. The molecule has 0 aromatic heterocycles. The number of benzene rings is 1. The minimum absolute atomic E-state index is 0.0772. The zero-order chi connectivity index (χ0) is 21.4. The van der Waals surface area contributed by atoms with Crippen LogP contribution in [0.4, 0.5) is 4.79 Å². The van der Waals surface area contributed by atoms with E-state index in [0.29, 0.717) is 36.9 Å². The third kappa shape index (κ3) is 7.63. The molecule has 8 nitrogen and oxygen atoms in total. The lowest BCUT2D eigenvalue weighted by Gasteiger charge is -2.32. The zero-order valence-electron chi connectivity index (χ0n) is 17.6. The Morgan fingerprint density at radius 1 is 1.14 bits per heavy atom. The number of hydrogen-bond acceptors (Lipinski definition) is 5. The van der Waals surface area contributed by atoms with Gasteiger partial charge < -0.3 is 25.0 Å². The number of carbonyl (C=O) groups excluding carboxylic acids is 3.